The lowest BCUT2D eigenvalue weighted by molar-refractivity contribution is 0.0950. The van der Waals surface area contributed by atoms with Crippen LogP contribution in [-0.4, -0.2) is 33.9 Å². The quantitative estimate of drug-likeness (QED) is 0.209. The van der Waals surface area contributed by atoms with Crippen LogP contribution in [0.1, 0.15) is 54.2 Å². The Morgan fingerprint density at radius 1 is 0.952 bits per heavy atom. The summed E-state index contributed by atoms with van der Waals surface area (Å²) in [6.07, 6.45) is 4.94. The molecule has 0 radical (unpaired) electrons. The molecule has 0 aliphatic carbocycles. The molecule has 0 atom stereocenters. The zero-order chi connectivity index (χ0) is 29.3. The Morgan fingerprint density at radius 2 is 1.69 bits per heavy atom. The number of imidazole rings is 1. The molecule has 0 spiro atoms. The number of rotatable bonds is 6. The van der Waals surface area contributed by atoms with Crippen LogP contribution in [0.5, 0.6) is 0 Å². The number of nitrogens with zero attached hydrogens (tertiary/aromatic N) is 2. The number of halogens is 1. The average molecular weight is 560 g/mol. The molecular formula is C35H34FN5O. The average Bonchev–Trinajstić information content (AvgIpc) is 3.45. The van der Waals surface area contributed by atoms with E-state index in [1.807, 2.05) is 36.4 Å². The fourth-order valence-electron chi connectivity index (χ4n) is 5.27. The lowest BCUT2D eigenvalue weighted by atomic mass is 9.87. The van der Waals surface area contributed by atoms with Gasteiger partial charge in [-0.2, -0.15) is 0 Å². The van der Waals surface area contributed by atoms with E-state index in [2.05, 4.69) is 71.7 Å². The molecule has 5 aromatic rings. The van der Waals surface area contributed by atoms with Gasteiger partial charge in [-0.3, -0.25) is 4.79 Å². The Morgan fingerprint density at radius 3 is 2.38 bits per heavy atom. The smallest absolute Gasteiger partial charge is 0.251 e. The van der Waals surface area contributed by atoms with E-state index in [9.17, 15) is 4.79 Å². The van der Waals surface area contributed by atoms with Gasteiger partial charge in [0.2, 0.25) is 0 Å². The summed E-state index contributed by atoms with van der Waals surface area (Å²) in [6.45, 7) is 8.37. The molecule has 6 rings (SSSR count). The molecule has 1 aliphatic heterocycles. The van der Waals surface area contributed by atoms with Gasteiger partial charge < -0.3 is 15.6 Å². The van der Waals surface area contributed by atoms with Gasteiger partial charge in [0.1, 0.15) is 11.6 Å². The van der Waals surface area contributed by atoms with Crippen LogP contribution in [0.2, 0.25) is 0 Å². The standard InChI is InChI=1S/C35H34FN5O/c1-35(2,3)28-12-10-25(11-13-28)34(42)39-21-27-9-8-26(20-30(27)36)29-16-19-38-33-31(29)40-32(41-33)24-6-4-22(5-7-24)23-14-17-37-18-15-23/h4-14,16,19-20,37H,15,17-18,21H2,1-3H3,(H,39,42)(H,38,40,41). The monoisotopic (exact) mass is 559 g/mol. The number of benzene rings is 3. The number of H-pyrrole nitrogens is 1. The fraction of sp³-hybridized carbons (Fsp3) is 0.229. The van der Waals surface area contributed by atoms with E-state index in [-0.39, 0.29) is 23.7 Å². The topological polar surface area (TPSA) is 82.7 Å². The van der Waals surface area contributed by atoms with Crippen molar-refractivity contribution < 1.29 is 9.18 Å². The maximum Gasteiger partial charge on any atom is 0.251 e. The van der Waals surface area contributed by atoms with Crippen molar-refractivity contribution in [1.82, 2.24) is 25.6 Å². The molecule has 0 fully saturated rings. The lowest BCUT2D eigenvalue weighted by Crippen LogP contribution is -2.23. The molecule has 0 saturated heterocycles. The summed E-state index contributed by atoms with van der Waals surface area (Å²) in [6, 6.07) is 22.9. The highest BCUT2D eigenvalue weighted by atomic mass is 19.1. The second-order valence-corrected chi connectivity index (χ2v) is 11.7. The minimum absolute atomic E-state index is 0.00817. The van der Waals surface area contributed by atoms with Crippen LogP contribution >= 0.6 is 0 Å². The number of nitrogens with one attached hydrogen (secondary N) is 3. The Labute approximate surface area is 245 Å². The third-order valence-corrected chi connectivity index (χ3v) is 7.80. The Balaban J connectivity index is 1.19. The van der Waals surface area contributed by atoms with Crippen molar-refractivity contribution in [3.63, 3.8) is 0 Å². The van der Waals surface area contributed by atoms with Gasteiger partial charge in [0.05, 0.1) is 5.52 Å². The fourth-order valence-corrected chi connectivity index (χ4v) is 5.27. The number of aromatic amines is 1. The van der Waals surface area contributed by atoms with E-state index in [0.717, 1.165) is 41.7 Å². The van der Waals surface area contributed by atoms with Crippen molar-refractivity contribution in [3.8, 4) is 22.5 Å². The normalized spacial score (nSPS) is 13.7. The first kappa shape index (κ1) is 27.5. The van der Waals surface area contributed by atoms with Crippen LogP contribution in [0.4, 0.5) is 4.39 Å². The number of amides is 1. The molecule has 3 aromatic carbocycles. The molecule has 1 aliphatic rings. The molecular weight excluding hydrogens is 525 g/mol. The van der Waals surface area contributed by atoms with E-state index < -0.39 is 0 Å². The predicted octanol–water partition coefficient (Wildman–Crippen LogP) is 7.04. The molecule has 7 heteroatoms. The van der Waals surface area contributed by atoms with Crippen LogP contribution in [0.3, 0.4) is 0 Å². The molecule has 1 amide bonds. The number of carbonyl (C=O) groups is 1. The predicted molar refractivity (Wildman–Crippen MR) is 166 cm³/mol. The molecule has 3 heterocycles. The van der Waals surface area contributed by atoms with Crippen LogP contribution in [0, 0.1) is 5.82 Å². The second kappa shape index (κ2) is 11.3. The number of hydrogen-bond donors (Lipinski definition) is 3. The van der Waals surface area contributed by atoms with Crippen molar-refractivity contribution in [2.24, 2.45) is 0 Å². The van der Waals surface area contributed by atoms with Crippen molar-refractivity contribution in [1.29, 1.82) is 0 Å². The lowest BCUT2D eigenvalue weighted by Gasteiger charge is -2.19. The Bertz CT molecular complexity index is 1780. The first-order valence-electron chi connectivity index (χ1n) is 14.3. The van der Waals surface area contributed by atoms with E-state index >= 15 is 4.39 Å². The number of aromatic nitrogens is 3. The van der Waals surface area contributed by atoms with E-state index in [1.54, 1.807) is 12.3 Å². The maximum atomic E-state index is 15.2. The van der Waals surface area contributed by atoms with Crippen molar-refractivity contribution in [2.45, 2.75) is 39.2 Å². The van der Waals surface area contributed by atoms with Gasteiger partial charge in [0.15, 0.2) is 5.65 Å². The molecule has 2 aromatic heterocycles. The molecule has 3 N–H and O–H groups in total. The number of pyridine rings is 1. The third kappa shape index (κ3) is 5.74. The summed E-state index contributed by atoms with van der Waals surface area (Å²) in [5.74, 6) is 0.0924. The third-order valence-electron chi connectivity index (χ3n) is 7.80. The molecule has 0 unspecified atom stereocenters. The summed E-state index contributed by atoms with van der Waals surface area (Å²) >= 11 is 0. The molecule has 6 nitrogen and oxygen atoms in total. The van der Waals surface area contributed by atoms with Crippen LogP contribution in [0.25, 0.3) is 39.3 Å². The highest BCUT2D eigenvalue weighted by Gasteiger charge is 2.16. The second-order valence-electron chi connectivity index (χ2n) is 11.7. The molecule has 212 valence electrons. The number of carbonyl (C=O) groups excluding carboxylic acids is 1. The van der Waals surface area contributed by atoms with E-state index in [0.29, 0.717) is 28.2 Å². The zero-order valence-corrected chi connectivity index (χ0v) is 24.1. The number of hydrogen-bond acceptors (Lipinski definition) is 4. The summed E-state index contributed by atoms with van der Waals surface area (Å²) in [4.78, 5) is 25.2. The molecule has 42 heavy (non-hydrogen) atoms. The van der Waals surface area contributed by atoms with Gasteiger partial charge in [-0.25, -0.2) is 14.4 Å². The highest BCUT2D eigenvalue weighted by molar-refractivity contribution is 5.94. The molecule has 0 saturated carbocycles. The van der Waals surface area contributed by atoms with Crippen LogP contribution < -0.4 is 10.6 Å². The van der Waals surface area contributed by atoms with Gasteiger partial charge in [0.25, 0.3) is 5.91 Å². The van der Waals surface area contributed by atoms with Crippen molar-refractivity contribution in [3.05, 3.63) is 113 Å². The highest BCUT2D eigenvalue weighted by Crippen LogP contribution is 2.31. The van der Waals surface area contributed by atoms with Crippen molar-refractivity contribution in [2.75, 3.05) is 13.1 Å². The van der Waals surface area contributed by atoms with Gasteiger partial charge in [-0.1, -0.05) is 75.4 Å². The van der Waals surface area contributed by atoms with E-state index in [4.69, 9.17) is 4.98 Å². The summed E-state index contributed by atoms with van der Waals surface area (Å²) in [7, 11) is 0. The van der Waals surface area contributed by atoms with Crippen LogP contribution in [-0.2, 0) is 12.0 Å². The number of fused-ring (bicyclic) bond motifs is 1. The molecule has 0 bridgehead atoms. The summed E-state index contributed by atoms with van der Waals surface area (Å²) in [5.41, 5.74) is 8.49. The zero-order valence-electron chi connectivity index (χ0n) is 24.1. The van der Waals surface area contributed by atoms with Crippen LogP contribution in [0.15, 0.2) is 85.1 Å². The minimum Gasteiger partial charge on any atom is -0.348 e. The van der Waals surface area contributed by atoms with Crippen molar-refractivity contribution >= 4 is 22.6 Å². The van der Waals surface area contributed by atoms with Gasteiger partial charge in [-0.05, 0) is 64.9 Å². The van der Waals surface area contributed by atoms with E-state index in [1.165, 1.54) is 17.2 Å². The largest absolute Gasteiger partial charge is 0.348 e. The summed E-state index contributed by atoms with van der Waals surface area (Å²) < 4.78 is 15.2. The Hall–Kier alpha value is -4.62. The van der Waals surface area contributed by atoms with Gasteiger partial charge in [-0.15, -0.1) is 0 Å². The SMILES string of the molecule is CC(C)(C)c1ccc(C(=O)NCc2ccc(-c3ccnc4nc(-c5ccc(C6=CCNCC6)cc5)[nH]c34)cc2F)cc1. The van der Waals surface area contributed by atoms with Gasteiger partial charge in [0, 0.05) is 41.5 Å². The van der Waals surface area contributed by atoms with Gasteiger partial charge >= 0.3 is 0 Å². The maximum absolute atomic E-state index is 15.2. The Kier molecular flexibility index (Phi) is 7.43. The minimum atomic E-state index is -0.386. The first-order valence-corrected chi connectivity index (χ1v) is 14.3. The first-order chi connectivity index (χ1) is 20.3. The summed E-state index contributed by atoms with van der Waals surface area (Å²) in [5, 5.41) is 6.18.